The maximum atomic E-state index is 12.4. The summed E-state index contributed by atoms with van der Waals surface area (Å²) >= 11 is 5.91. The van der Waals surface area contributed by atoms with Crippen LogP contribution in [0.1, 0.15) is 16.1 Å². The van der Waals surface area contributed by atoms with Crippen molar-refractivity contribution in [2.45, 2.75) is 6.92 Å². The van der Waals surface area contributed by atoms with Crippen molar-refractivity contribution in [3.63, 3.8) is 0 Å². The predicted octanol–water partition coefficient (Wildman–Crippen LogP) is 4.56. The molecular formula is C18H16ClN3O3. The third kappa shape index (κ3) is 3.59. The minimum absolute atomic E-state index is 0.185. The maximum Gasteiger partial charge on any atom is 0.356 e. The Morgan fingerprint density at radius 2 is 1.92 bits per heavy atom. The minimum Gasteiger partial charge on any atom is -0.464 e. The van der Waals surface area contributed by atoms with Crippen molar-refractivity contribution in [2.24, 2.45) is 0 Å². The van der Waals surface area contributed by atoms with Crippen LogP contribution in [0.25, 0.3) is 10.9 Å². The van der Waals surface area contributed by atoms with Crippen LogP contribution in [0, 0.1) is 6.92 Å². The topological polar surface area (TPSA) is 83.2 Å². The second-order valence-corrected chi connectivity index (χ2v) is 5.94. The first-order valence-electron chi connectivity index (χ1n) is 7.52. The normalized spacial score (nSPS) is 10.5. The van der Waals surface area contributed by atoms with E-state index in [-0.39, 0.29) is 5.69 Å². The minimum atomic E-state index is -0.563. The first-order valence-corrected chi connectivity index (χ1v) is 7.90. The number of fused-ring (bicyclic) bond motifs is 1. The van der Waals surface area contributed by atoms with Crippen LogP contribution < -0.4 is 10.6 Å². The Balaban J connectivity index is 1.94. The number of benzene rings is 2. The molecule has 1 aromatic heterocycles. The van der Waals surface area contributed by atoms with E-state index in [0.29, 0.717) is 16.4 Å². The fourth-order valence-corrected chi connectivity index (χ4v) is 2.72. The van der Waals surface area contributed by atoms with Gasteiger partial charge < -0.3 is 20.4 Å². The highest BCUT2D eigenvalue weighted by Gasteiger charge is 2.20. The highest BCUT2D eigenvalue weighted by atomic mass is 35.5. The van der Waals surface area contributed by atoms with E-state index in [2.05, 4.69) is 15.6 Å². The maximum absolute atomic E-state index is 12.4. The second-order valence-electron chi connectivity index (χ2n) is 5.51. The van der Waals surface area contributed by atoms with Crippen LogP contribution >= 0.6 is 11.6 Å². The Morgan fingerprint density at radius 3 is 2.64 bits per heavy atom. The van der Waals surface area contributed by atoms with Gasteiger partial charge in [-0.1, -0.05) is 29.3 Å². The zero-order valence-corrected chi connectivity index (χ0v) is 14.4. The predicted molar refractivity (Wildman–Crippen MR) is 98.5 cm³/mol. The van der Waals surface area contributed by atoms with E-state index in [1.54, 1.807) is 24.3 Å². The van der Waals surface area contributed by atoms with Gasteiger partial charge in [0.15, 0.2) is 0 Å². The molecular weight excluding hydrogens is 342 g/mol. The molecule has 0 aliphatic heterocycles. The first-order chi connectivity index (χ1) is 12.0. The zero-order chi connectivity index (χ0) is 18.0. The van der Waals surface area contributed by atoms with Gasteiger partial charge in [0, 0.05) is 21.6 Å². The number of esters is 1. The Morgan fingerprint density at radius 1 is 1.12 bits per heavy atom. The monoisotopic (exact) mass is 357 g/mol. The van der Waals surface area contributed by atoms with Gasteiger partial charge in [0.25, 0.3) is 0 Å². The van der Waals surface area contributed by atoms with Gasteiger partial charge in [-0.15, -0.1) is 0 Å². The molecule has 3 aromatic rings. The Kier molecular flexibility index (Phi) is 4.63. The Labute approximate surface area is 149 Å². The molecule has 0 bridgehead atoms. The molecule has 0 radical (unpaired) electrons. The lowest BCUT2D eigenvalue weighted by Gasteiger charge is -2.09. The average Bonchev–Trinajstić information content (AvgIpc) is 2.92. The van der Waals surface area contributed by atoms with Crippen molar-refractivity contribution >= 4 is 45.9 Å². The smallest absolute Gasteiger partial charge is 0.356 e. The number of ether oxygens (including phenoxy) is 1. The van der Waals surface area contributed by atoms with E-state index in [9.17, 15) is 9.59 Å². The fourth-order valence-electron chi connectivity index (χ4n) is 2.53. The lowest BCUT2D eigenvalue weighted by atomic mass is 10.1. The number of hydrogen-bond donors (Lipinski definition) is 3. The summed E-state index contributed by atoms with van der Waals surface area (Å²) in [5, 5.41) is 6.64. The van der Waals surface area contributed by atoms with E-state index in [4.69, 9.17) is 16.3 Å². The summed E-state index contributed by atoms with van der Waals surface area (Å²) in [5.41, 5.74) is 2.82. The van der Waals surface area contributed by atoms with Crippen molar-refractivity contribution in [3.8, 4) is 0 Å². The molecule has 0 spiro atoms. The van der Waals surface area contributed by atoms with Crippen molar-refractivity contribution in [1.29, 1.82) is 0 Å². The summed E-state index contributed by atoms with van der Waals surface area (Å²) < 4.78 is 4.79. The number of anilines is 2. The number of nitrogens with one attached hydrogen (secondary N) is 3. The average molecular weight is 358 g/mol. The summed E-state index contributed by atoms with van der Waals surface area (Å²) in [7, 11) is 1.29. The van der Waals surface area contributed by atoms with Crippen LogP contribution in [0.2, 0.25) is 5.02 Å². The fraction of sp³-hybridized carbons (Fsp3) is 0.111. The van der Waals surface area contributed by atoms with E-state index in [0.717, 1.165) is 16.5 Å². The third-order valence-electron chi connectivity index (χ3n) is 3.66. The molecule has 3 N–H and O–H groups in total. The molecule has 7 heteroatoms. The molecule has 25 heavy (non-hydrogen) atoms. The molecule has 0 unspecified atom stereocenters. The molecule has 0 aliphatic carbocycles. The van der Waals surface area contributed by atoms with E-state index in [1.807, 2.05) is 25.1 Å². The molecule has 6 nitrogen and oxygen atoms in total. The molecule has 2 amide bonds. The molecule has 0 atom stereocenters. The number of amides is 2. The van der Waals surface area contributed by atoms with Gasteiger partial charge in [-0.25, -0.2) is 9.59 Å². The van der Waals surface area contributed by atoms with Gasteiger partial charge in [-0.3, -0.25) is 0 Å². The van der Waals surface area contributed by atoms with Crippen LogP contribution in [0.4, 0.5) is 16.2 Å². The summed E-state index contributed by atoms with van der Waals surface area (Å²) in [5.74, 6) is -0.563. The molecule has 128 valence electrons. The van der Waals surface area contributed by atoms with E-state index in [1.165, 1.54) is 7.11 Å². The first kappa shape index (κ1) is 16.9. The molecule has 0 aliphatic rings. The molecule has 1 heterocycles. The summed E-state index contributed by atoms with van der Waals surface area (Å²) in [4.78, 5) is 27.4. The number of methoxy groups -OCH3 is 1. The highest BCUT2D eigenvalue weighted by Crippen LogP contribution is 2.29. The number of rotatable bonds is 3. The molecule has 2 aromatic carbocycles. The van der Waals surface area contributed by atoms with Gasteiger partial charge >= 0.3 is 12.0 Å². The van der Waals surface area contributed by atoms with Gasteiger partial charge in [0.1, 0.15) is 5.69 Å². The summed E-state index contributed by atoms with van der Waals surface area (Å²) in [6.07, 6.45) is 0. The van der Waals surface area contributed by atoms with Crippen molar-refractivity contribution in [3.05, 3.63) is 58.7 Å². The van der Waals surface area contributed by atoms with Crippen LogP contribution in [0.3, 0.4) is 0 Å². The van der Waals surface area contributed by atoms with Crippen LogP contribution in [-0.4, -0.2) is 24.1 Å². The lowest BCUT2D eigenvalue weighted by molar-refractivity contribution is 0.0596. The Bertz CT molecular complexity index is 965. The highest BCUT2D eigenvalue weighted by molar-refractivity contribution is 6.31. The number of aromatic nitrogens is 1. The van der Waals surface area contributed by atoms with Gasteiger partial charge in [0.2, 0.25) is 0 Å². The largest absolute Gasteiger partial charge is 0.464 e. The molecule has 0 saturated carbocycles. The quantitative estimate of drug-likeness (QED) is 0.601. The third-order valence-corrected chi connectivity index (χ3v) is 3.90. The SMILES string of the molecule is COC(=O)c1[nH]c2ccc(C)cc2c1NC(=O)Nc1cccc(Cl)c1. The zero-order valence-electron chi connectivity index (χ0n) is 13.6. The molecule has 3 rings (SSSR count). The number of urea groups is 1. The van der Waals surface area contributed by atoms with E-state index < -0.39 is 12.0 Å². The van der Waals surface area contributed by atoms with Crippen LogP contribution in [-0.2, 0) is 4.74 Å². The Hall–Kier alpha value is -2.99. The van der Waals surface area contributed by atoms with Gasteiger partial charge in [-0.2, -0.15) is 0 Å². The number of carbonyl (C=O) groups is 2. The standard InChI is InChI=1S/C18H16ClN3O3/c1-10-6-7-14-13(8-10)15(16(21-14)17(23)25-2)22-18(24)20-12-5-3-4-11(19)9-12/h3-9,21H,1-2H3,(H2,20,22,24). The molecule has 0 saturated heterocycles. The number of aryl methyl sites for hydroxylation is 1. The summed E-state index contributed by atoms with van der Waals surface area (Å²) in [6, 6.07) is 11.9. The number of carbonyl (C=O) groups excluding carboxylic acids is 2. The van der Waals surface area contributed by atoms with Gasteiger partial charge in [-0.05, 0) is 37.3 Å². The molecule has 0 fully saturated rings. The second kappa shape index (κ2) is 6.86. The lowest BCUT2D eigenvalue weighted by Crippen LogP contribution is -2.21. The number of aromatic amines is 1. The number of H-pyrrole nitrogens is 1. The van der Waals surface area contributed by atoms with E-state index >= 15 is 0 Å². The van der Waals surface area contributed by atoms with Crippen LogP contribution in [0.15, 0.2) is 42.5 Å². The van der Waals surface area contributed by atoms with Crippen LogP contribution in [0.5, 0.6) is 0 Å². The van der Waals surface area contributed by atoms with Gasteiger partial charge in [0.05, 0.1) is 12.8 Å². The number of hydrogen-bond acceptors (Lipinski definition) is 3. The number of halogens is 1. The van der Waals surface area contributed by atoms with Crippen molar-refractivity contribution in [1.82, 2.24) is 4.98 Å². The van der Waals surface area contributed by atoms with Crippen molar-refractivity contribution in [2.75, 3.05) is 17.7 Å². The summed E-state index contributed by atoms with van der Waals surface area (Å²) in [6.45, 7) is 1.93. The van der Waals surface area contributed by atoms with Crippen molar-refractivity contribution < 1.29 is 14.3 Å².